The van der Waals surface area contributed by atoms with E-state index < -0.39 is 10.0 Å². The van der Waals surface area contributed by atoms with Crippen LogP contribution in [0.25, 0.3) is 0 Å². The Morgan fingerprint density at radius 1 is 0.938 bits per heavy atom. The second-order valence-corrected chi connectivity index (χ2v) is 9.84. The summed E-state index contributed by atoms with van der Waals surface area (Å²) in [6.07, 6.45) is 7.62. The number of para-hydroxylation sites is 1. The maximum absolute atomic E-state index is 13.6. The van der Waals surface area contributed by atoms with Gasteiger partial charge in [0.1, 0.15) is 6.54 Å². The number of nitrogens with zero attached hydrogens (tertiary/aromatic N) is 1. The maximum Gasteiger partial charge on any atom is 0.264 e. The van der Waals surface area contributed by atoms with Gasteiger partial charge in [-0.05, 0) is 37.1 Å². The molecular weight excluding hydrogens is 428 g/mol. The van der Waals surface area contributed by atoms with Crippen molar-refractivity contribution in [2.75, 3.05) is 25.1 Å². The number of carbonyl (C=O) groups is 1. The highest BCUT2D eigenvalue weighted by atomic mass is 32.2. The summed E-state index contributed by atoms with van der Waals surface area (Å²) in [5, 5.41) is 3.06. The van der Waals surface area contributed by atoms with Crippen LogP contribution in [0.5, 0.6) is 11.5 Å². The fraction of sp³-hybridized carbons (Fsp3) is 0.458. The lowest BCUT2D eigenvalue weighted by Crippen LogP contribution is -2.44. The first-order valence-corrected chi connectivity index (χ1v) is 12.5. The van der Waals surface area contributed by atoms with Gasteiger partial charge in [0.25, 0.3) is 10.0 Å². The van der Waals surface area contributed by atoms with E-state index in [9.17, 15) is 13.2 Å². The molecule has 1 N–H and O–H groups in total. The van der Waals surface area contributed by atoms with Crippen LogP contribution in [-0.4, -0.2) is 41.1 Å². The Labute approximate surface area is 190 Å². The molecule has 0 radical (unpaired) electrons. The van der Waals surface area contributed by atoms with Crippen molar-refractivity contribution in [3.8, 4) is 11.5 Å². The van der Waals surface area contributed by atoms with Crippen molar-refractivity contribution in [2.24, 2.45) is 0 Å². The number of amides is 1. The molecular formula is C24H32N2O5S. The third kappa shape index (κ3) is 5.94. The normalized spacial score (nSPS) is 15.3. The van der Waals surface area contributed by atoms with Crippen molar-refractivity contribution in [1.82, 2.24) is 5.32 Å². The Bertz CT molecular complexity index is 987. The Morgan fingerprint density at radius 3 is 2.19 bits per heavy atom. The molecule has 32 heavy (non-hydrogen) atoms. The van der Waals surface area contributed by atoms with Crippen molar-refractivity contribution in [1.29, 1.82) is 0 Å². The Hall–Kier alpha value is -2.74. The predicted octanol–water partition coefficient (Wildman–Crippen LogP) is 4.13. The quantitative estimate of drug-likeness (QED) is 0.640. The minimum atomic E-state index is -4.02. The van der Waals surface area contributed by atoms with Crippen LogP contribution in [-0.2, 0) is 14.8 Å². The van der Waals surface area contributed by atoms with E-state index in [4.69, 9.17) is 9.47 Å². The van der Waals surface area contributed by atoms with Gasteiger partial charge in [-0.3, -0.25) is 9.10 Å². The topological polar surface area (TPSA) is 84.9 Å². The number of carbonyl (C=O) groups excluding carboxylic acids is 1. The van der Waals surface area contributed by atoms with Crippen molar-refractivity contribution >= 4 is 21.6 Å². The Morgan fingerprint density at radius 2 is 1.56 bits per heavy atom. The second kappa shape index (κ2) is 11.2. The number of sulfonamides is 1. The van der Waals surface area contributed by atoms with Gasteiger partial charge >= 0.3 is 0 Å². The molecule has 2 aromatic rings. The molecule has 0 unspecified atom stereocenters. The molecule has 0 aliphatic heterocycles. The van der Waals surface area contributed by atoms with Gasteiger partial charge in [0.2, 0.25) is 5.91 Å². The van der Waals surface area contributed by atoms with E-state index in [-0.39, 0.29) is 23.4 Å². The van der Waals surface area contributed by atoms with E-state index in [1.54, 1.807) is 36.4 Å². The third-order valence-corrected chi connectivity index (χ3v) is 7.51. The van der Waals surface area contributed by atoms with Crippen LogP contribution < -0.4 is 19.1 Å². The zero-order valence-corrected chi connectivity index (χ0v) is 19.6. The minimum Gasteiger partial charge on any atom is -0.493 e. The summed E-state index contributed by atoms with van der Waals surface area (Å²) in [5.41, 5.74) is 0.426. The van der Waals surface area contributed by atoms with Crippen LogP contribution in [0.4, 0.5) is 5.69 Å². The molecule has 0 bridgehead atoms. The summed E-state index contributed by atoms with van der Waals surface area (Å²) in [7, 11) is -1.09. The van der Waals surface area contributed by atoms with E-state index in [0.29, 0.717) is 17.2 Å². The first kappa shape index (κ1) is 23.9. The monoisotopic (exact) mass is 460 g/mol. The molecule has 1 amide bonds. The summed E-state index contributed by atoms with van der Waals surface area (Å²) in [4.78, 5) is 13.0. The molecule has 174 valence electrons. The molecule has 2 aromatic carbocycles. The van der Waals surface area contributed by atoms with E-state index in [1.807, 2.05) is 0 Å². The predicted molar refractivity (Wildman–Crippen MR) is 125 cm³/mol. The summed E-state index contributed by atoms with van der Waals surface area (Å²) >= 11 is 0. The largest absolute Gasteiger partial charge is 0.493 e. The number of benzene rings is 2. The van der Waals surface area contributed by atoms with E-state index >= 15 is 0 Å². The van der Waals surface area contributed by atoms with Crippen LogP contribution in [0.15, 0.2) is 53.4 Å². The van der Waals surface area contributed by atoms with Crippen molar-refractivity contribution in [3.05, 3.63) is 48.5 Å². The Kier molecular flexibility index (Phi) is 8.39. The molecule has 1 saturated carbocycles. The smallest absolute Gasteiger partial charge is 0.264 e. The highest BCUT2D eigenvalue weighted by Gasteiger charge is 2.29. The lowest BCUT2D eigenvalue weighted by atomic mass is 9.97. The molecule has 8 heteroatoms. The molecule has 0 aromatic heterocycles. The van der Waals surface area contributed by atoms with Crippen LogP contribution in [0, 0.1) is 0 Å². The van der Waals surface area contributed by atoms with E-state index in [2.05, 4.69) is 5.32 Å². The number of ether oxygens (including phenoxy) is 2. The number of hydrogen-bond acceptors (Lipinski definition) is 5. The molecule has 0 atom stereocenters. The Balaban J connectivity index is 1.86. The summed E-state index contributed by atoms with van der Waals surface area (Å²) in [5.74, 6) is 0.434. The van der Waals surface area contributed by atoms with E-state index in [1.165, 1.54) is 45.6 Å². The maximum atomic E-state index is 13.6. The zero-order valence-electron chi connectivity index (χ0n) is 18.7. The average molecular weight is 461 g/mol. The molecule has 0 heterocycles. The number of methoxy groups -OCH3 is 2. The highest BCUT2D eigenvalue weighted by Crippen LogP contribution is 2.32. The van der Waals surface area contributed by atoms with Gasteiger partial charge in [0, 0.05) is 12.1 Å². The molecule has 3 rings (SSSR count). The lowest BCUT2D eigenvalue weighted by Gasteiger charge is -2.26. The van der Waals surface area contributed by atoms with Crippen LogP contribution in [0.2, 0.25) is 0 Å². The molecule has 0 saturated heterocycles. The highest BCUT2D eigenvalue weighted by molar-refractivity contribution is 7.92. The van der Waals surface area contributed by atoms with Crippen molar-refractivity contribution < 1.29 is 22.7 Å². The standard InChI is InChI=1S/C24H32N2O5S/c1-30-22-16-15-21(17-23(22)31-2)32(28,29)26(20-13-9-6-10-14-20)18-24(27)25-19-11-7-4-3-5-8-12-19/h6,9-10,13-17,19H,3-5,7-8,11-12,18H2,1-2H3,(H,25,27). The third-order valence-electron chi connectivity index (χ3n) is 5.74. The first-order valence-electron chi connectivity index (χ1n) is 11.0. The zero-order chi connectivity index (χ0) is 23.0. The first-order chi connectivity index (χ1) is 15.5. The van der Waals surface area contributed by atoms with Crippen molar-refractivity contribution in [2.45, 2.75) is 55.9 Å². The SMILES string of the molecule is COc1ccc(S(=O)(=O)N(CC(=O)NC2CCCCCCC2)c2ccccc2)cc1OC. The molecule has 1 aliphatic rings. The van der Waals surface area contributed by atoms with Crippen LogP contribution in [0.3, 0.4) is 0 Å². The van der Waals surface area contributed by atoms with Crippen molar-refractivity contribution in [3.63, 3.8) is 0 Å². The van der Waals surface area contributed by atoms with Gasteiger partial charge in [0.15, 0.2) is 11.5 Å². The molecule has 1 aliphatic carbocycles. The molecule has 0 spiro atoms. The van der Waals surface area contributed by atoms with Gasteiger partial charge < -0.3 is 14.8 Å². The number of rotatable bonds is 8. The van der Waals surface area contributed by atoms with Gasteiger partial charge in [-0.1, -0.05) is 50.3 Å². The minimum absolute atomic E-state index is 0.0257. The van der Waals surface area contributed by atoms with E-state index in [0.717, 1.165) is 30.0 Å². The second-order valence-electron chi connectivity index (χ2n) is 7.97. The fourth-order valence-electron chi connectivity index (χ4n) is 4.02. The number of anilines is 1. The van der Waals surface area contributed by atoms with Gasteiger partial charge in [0.05, 0.1) is 24.8 Å². The molecule has 1 fully saturated rings. The van der Waals surface area contributed by atoms with Gasteiger partial charge in [-0.15, -0.1) is 0 Å². The van der Waals surface area contributed by atoms with Gasteiger partial charge in [-0.2, -0.15) is 0 Å². The number of nitrogens with one attached hydrogen (secondary N) is 1. The summed E-state index contributed by atoms with van der Waals surface area (Å²) < 4.78 is 38.8. The van der Waals surface area contributed by atoms with Gasteiger partial charge in [-0.25, -0.2) is 8.42 Å². The lowest BCUT2D eigenvalue weighted by molar-refractivity contribution is -0.120. The summed E-state index contributed by atoms with van der Waals surface area (Å²) in [6, 6.07) is 13.2. The fourth-order valence-corrected chi connectivity index (χ4v) is 5.45. The summed E-state index contributed by atoms with van der Waals surface area (Å²) in [6.45, 7) is -0.294. The van der Waals surface area contributed by atoms with Crippen LogP contribution in [0.1, 0.15) is 44.9 Å². The number of hydrogen-bond donors (Lipinski definition) is 1. The molecule has 7 nitrogen and oxygen atoms in total. The van der Waals surface area contributed by atoms with Crippen LogP contribution >= 0.6 is 0 Å². The average Bonchev–Trinajstić information content (AvgIpc) is 2.79.